The highest BCUT2D eigenvalue weighted by Gasteiger charge is 2.16. The van der Waals surface area contributed by atoms with E-state index < -0.39 is 19.9 Å². The number of nitrogens with one attached hydrogen (secondary N) is 1. The summed E-state index contributed by atoms with van der Waals surface area (Å²) in [5.41, 5.74) is 0. The van der Waals surface area contributed by atoms with E-state index in [0.29, 0.717) is 0 Å². The fourth-order valence-electron chi connectivity index (χ4n) is 1.53. The molecule has 0 saturated carbocycles. The Labute approximate surface area is 122 Å². The van der Waals surface area contributed by atoms with Gasteiger partial charge in [0.15, 0.2) is 9.84 Å². The van der Waals surface area contributed by atoms with Crippen molar-refractivity contribution in [2.45, 2.75) is 16.3 Å². The van der Waals surface area contributed by atoms with Gasteiger partial charge in [0, 0.05) is 17.7 Å². The fraction of sp³-hybridized carbons (Fsp3) is 0.167. The van der Waals surface area contributed by atoms with Crippen LogP contribution in [-0.2, 0) is 26.4 Å². The zero-order valence-electron chi connectivity index (χ0n) is 10.6. The molecule has 108 valence electrons. The molecule has 0 saturated heterocycles. The van der Waals surface area contributed by atoms with Crippen molar-refractivity contribution in [2.24, 2.45) is 0 Å². The number of sulfonamides is 1. The molecule has 2 aromatic rings. The van der Waals surface area contributed by atoms with Crippen LogP contribution in [-0.4, -0.2) is 23.1 Å². The molecule has 0 aliphatic carbocycles. The van der Waals surface area contributed by atoms with Crippen LogP contribution in [0.1, 0.15) is 4.88 Å². The Balaban J connectivity index is 2.26. The average Bonchev–Trinajstić information content (AvgIpc) is 2.89. The van der Waals surface area contributed by atoms with Gasteiger partial charge in [0.2, 0.25) is 10.0 Å². The molecule has 0 unspecified atom stereocenters. The van der Waals surface area contributed by atoms with Crippen LogP contribution in [0.2, 0.25) is 0 Å². The summed E-state index contributed by atoms with van der Waals surface area (Å²) >= 11 is 1.44. The minimum Gasteiger partial charge on any atom is -0.224 e. The van der Waals surface area contributed by atoms with E-state index in [1.165, 1.54) is 29.5 Å². The first-order chi connectivity index (χ1) is 9.29. The topological polar surface area (TPSA) is 80.3 Å². The Morgan fingerprint density at radius 1 is 1.05 bits per heavy atom. The zero-order chi connectivity index (χ0) is 14.8. The Bertz CT molecular complexity index is 793. The molecule has 2 rings (SSSR count). The molecular weight excluding hydrogens is 318 g/mol. The quantitative estimate of drug-likeness (QED) is 0.903. The summed E-state index contributed by atoms with van der Waals surface area (Å²) in [6.45, 7) is 0.184. The molecule has 0 atom stereocenters. The maximum absolute atomic E-state index is 12.1. The first-order valence-corrected chi connectivity index (χ1v) is 9.87. The van der Waals surface area contributed by atoms with Crippen LogP contribution in [0.5, 0.6) is 0 Å². The summed E-state index contributed by atoms with van der Waals surface area (Å²) in [7, 11) is -7.16. The monoisotopic (exact) mass is 331 g/mol. The summed E-state index contributed by atoms with van der Waals surface area (Å²) in [6.07, 6.45) is 1.04. The van der Waals surface area contributed by atoms with Crippen molar-refractivity contribution in [2.75, 3.05) is 6.26 Å². The van der Waals surface area contributed by atoms with Crippen LogP contribution in [0, 0.1) is 0 Å². The van der Waals surface area contributed by atoms with Crippen LogP contribution in [0.4, 0.5) is 0 Å². The van der Waals surface area contributed by atoms with Crippen LogP contribution in [0.15, 0.2) is 51.6 Å². The van der Waals surface area contributed by atoms with Gasteiger partial charge in [0.1, 0.15) is 0 Å². The smallest absolute Gasteiger partial charge is 0.224 e. The van der Waals surface area contributed by atoms with Gasteiger partial charge in [-0.05, 0) is 29.6 Å². The Morgan fingerprint density at radius 2 is 1.75 bits per heavy atom. The predicted molar refractivity (Wildman–Crippen MR) is 77.9 cm³/mol. The van der Waals surface area contributed by atoms with Crippen molar-refractivity contribution in [3.63, 3.8) is 0 Å². The van der Waals surface area contributed by atoms with Gasteiger partial charge >= 0.3 is 0 Å². The molecule has 0 aliphatic rings. The van der Waals surface area contributed by atoms with Crippen LogP contribution in [0.3, 0.4) is 0 Å². The van der Waals surface area contributed by atoms with E-state index in [0.717, 1.165) is 17.2 Å². The molecule has 0 radical (unpaired) electrons. The Kier molecular flexibility index (Phi) is 4.28. The number of hydrogen-bond acceptors (Lipinski definition) is 5. The molecule has 0 aliphatic heterocycles. The molecule has 1 aromatic carbocycles. The van der Waals surface area contributed by atoms with E-state index in [2.05, 4.69) is 4.72 Å². The number of hydrogen-bond donors (Lipinski definition) is 1. The van der Waals surface area contributed by atoms with Gasteiger partial charge in [-0.15, -0.1) is 11.3 Å². The van der Waals surface area contributed by atoms with Crippen LogP contribution in [0.25, 0.3) is 0 Å². The van der Waals surface area contributed by atoms with E-state index in [4.69, 9.17) is 0 Å². The molecule has 0 fully saturated rings. The second-order valence-electron chi connectivity index (χ2n) is 4.15. The van der Waals surface area contributed by atoms with E-state index in [1.54, 1.807) is 0 Å². The molecule has 0 amide bonds. The summed E-state index contributed by atoms with van der Waals surface area (Å²) in [5, 5.41) is 1.86. The van der Waals surface area contributed by atoms with Gasteiger partial charge in [-0.3, -0.25) is 0 Å². The number of benzene rings is 1. The van der Waals surface area contributed by atoms with Crippen molar-refractivity contribution in [3.8, 4) is 0 Å². The number of thiophene rings is 1. The predicted octanol–water partition coefficient (Wildman–Crippen LogP) is 1.63. The molecule has 8 heteroatoms. The van der Waals surface area contributed by atoms with Crippen molar-refractivity contribution in [1.29, 1.82) is 0 Å². The Morgan fingerprint density at radius 3 is 2.35 bits per heavy atom. The molecular formula is C12H13NO4S3. The standard InChI is InChI=1S/C12H13NO4S3/c1-19(14,15)11-5-2-6-12(8-11)20(16,17)13-9-10-4-3-7-18-10/h2-8,13H,9H2,1H3. The largest absolute Gasteiger partial charge is 0.240 e. The summed E-state index contributed by atoms with van der Waals surface area (Å²) in [4.78, 5) is 0.807. The van der Waals surface area contributed by atoms with Gasteiger partial charge in [-0.1, -0.05) is 12.1 Å². The third kappa shape index (κ3) is 3.66. The van der Waals surface area contributed by atoms with Crippen molar-refractivity contribution < 1.29 is 16.8 Å². The molecule has 1 aromatic heterocycles. The summed E-state index contributed by atoms with van der Waals surface area (Å²) in [6, 6.07) is 8.96. The molecule has 0 spiro atoms. The van der Waals surface area contributed by atoms with Gasteiger partial charge in [-0.2, -0.15) is 0 Å². The maximum atomic E-state index is 12.1. The normalized spacial score (nSPS) is 12.4. The fourth-order valence-corrected chi connectivity index (χ4v) is 4.06. The molecule has 0 bridgehead atoms. The van der Waals surface area contributed by atoms with E-state index in [-0.39, 0.29) is 16.3 Å². The number of sulfone groups is 1. The van der Waals surface area contributed by atoms with Gasteiger partial charge in [0.05, 0.1) is 9.79 Å². The van der Waals surface area contributed by atoms with Gasteiger partial charge in [0.25, 0.3) is 0 Å². The second-order valence-corrected chi connectivity index (χ2v) is 8.97. The molecule has 1 N–H and O–H groups in total. The first kappa shape index (κ1) is 15.2. The highest BCUT2D eigenvalue weighted by molar-refractivity contribution is 7.91. The zero-order valence-corrected chi connectivity index (χ0v) is 13.1. The highest BCUT2D eigenvalue weighted by Crippen LogP contribution is 2.16. The van der Waals surface area contributed by atoms with Crippen LogP contribution >= 0.6 is 11.3 Å². The lowest BCUT2D eigenvalue weighted by Gasteiger charge is -2.07. The summed E-state index contributed by atoms with van der Waals surface area (Å²) < 4.78 is 49.5. The molecule has 1 heterocycles. The highest BCUT2D eigenvalue weighted by atomic mass is 32.2. The van der Waals surface area contributed by atoms with E-state index in [9.17, 15) is 16.8 Å². The third-order valence-electron chi connectivity index (χ3n) is 2.56. The third-order valence-corrected chi connectivity index (χ3v) is 5.95. The van der Waals surface area contributed by atoms with E-state index in [1.807, 2.05) is 17.5 Å². The average molecular weight is 331 g/mol. The molecule has 5 nitrogen and oxygen atoms in total. The minimum absolute atomic E-state index is 0.0171. The van der Waals surface area contributed by atoms with Gasteiger partial charge in [-0.25, -0.2) is 21.6 Å². The second kappa shape index (κ2) is 5.65. The van der Waals surface area contributed by atoms with E-state index >= 15 is 0 Å². The minimum atomic E-state index is -3.73. The Hall–Kier alpha value is -1.22. The maximum Gasteiger partial charge on any atom is 0.240 e. The molecule has 20 heavy (non-hydrogen) atoms. The SMILES string of the molecule is CS(=O)(=O)c1cccc(S(=O)(=O)NCc2cccs2)c1. The van der Waals surface area contributed by atoms with Crippen molar-refractivity contribution in [1.82, 2.24) is 4.72 Å². The number of rotatable bonds is 5. The van der Waals surface area contributed by atoms with Crippen molar-refractivity contribution in [3.05, 3.63) is 46.7 Å². The summed E-state index contributed by atoms with van der Waals surface area (Å²) in [5.74, 6) is 0. The van der Waals surface area contributed by atoms with Gasteiger partial charge < -0.3 is 0 Å². The lowest BCUT2D eigenvalue weighted by atomic mass is 10.4. The van der Waals surface area contributed by atoms with Crippen molar-refractivity contribution >= 4 is 31.2 Å². The van der Waals surface area contributed by atoms with Crippen LogP contribution < -0.4 is 4.72 Å². The lowest BCUT2D eigenvalue weighted by molar-refractivity contribution is 0.581. The lowest BCUT2D eigenvalue weighted by Crippen LogP contribution is -2.23. The first-order valence-electron chi connectivity index (χ1n) is 5.61.